The first-order valence-corrected chi connectivity index (χ1v) is 8.97. The Kier molecular flexibility index (Phi) is 11.8. The predicted molar refractivity (Wildman–Crippen MR) is 117 cm³/mol. The van der Waals surface area contributed by atoms with Crippen molar-refractivity contribution < 1.29 is 9.15 Å². The monoisotopic (exact) mass is 471 g/mol. The summed E-state index contributed by atoms with van der Waals surface area (Å²) in [7, 11) is 0. The summed E-state index contributed by atoms with van der Waals surface area (Å²) >= 11 is 0. The van der Waals surface area contributed by atoms with Gasteiger partial charge in [-0.3, -0.25) is 4.99 Å². The molecule has 1 unspecified atom stereocenters. The molecule has 2 N–H and O–H groups in total. The Morgan fingerprint density at radius 3 is 2.65 bits per heavy atom. The van der Waals surface area contributed by atoms with E-state index < -0.39 is 0 Å². The Balaban J connectivity index is 0.00000338. The van der Waals surface area contributed by atoms with Gasteiger partial charge in [0.1, 0.15) is 12.4 Å². The molecule has 5 nitrogen and oxygen atoms in total. The molecular formula is C20H30IN3O2. The summed E-state index contributed by atoms with van der Waals surface area (Å²) in [6.45, 7) is 7.91. The maximum atomic E-state index is 5.58. The SMILES string of the molecule is CCNC(=NCC(C)c1ccccc1)NCCCOCc1ccco1.I. The van der Waals surface area contributed by atoms with Crippen molar-refractivity contribution in [1.29, 1.82) is 0 Å². The topological polar surface area (TPSA) is 58.8 Å². The van der Waals surface area contributed by atoms with Gasteiger partial charge in [0.15, 0.2) is 5.96 Å². The molecule has 0 saturated carbocycles. The van der Waals surface area contributed by atoms with Gasteiger partial charge in [-0.05, 0) is 31.0 Å². The van der Waals surface area contributed by atoms with Crippen molar-refractivity contribution >= 4 is 29.9 Å². The fraction of sp³-hybridized carbons (Fsp3) is 0.450. The van der Waals surface area contributed by atoms with Crippen molar-refractivity contribution in [3.8, 4) is 0 Å². The molecule has 0 bridgehead atoms. The number of halogens is 1. The largest absolute Gasteiger partial charge is 0.467 e. The van der Waals surface area contributed by atoms with E-state index in [-0.39, 0.29) is 24.0 Å². The first kappa shape index (κ1) is 22.5. The highest BCUT2D eigenvalue weighted by atomic mass is 127. The third kappa shape index (κ3) is 8.71. The minimum Gasteiger partial charge on any atom is -0.467 e. The van der Waals surface area contributed by atoms with E-state index >= 15 is 0 Å². The molecule has 1 aromatic heterocycles. The Morgan fingerprint density at radius 2 is 1.96 bits per heavy atom. The second kappa shape index (κ2) is 13.6. The quantitative estimate of drug-likeness (QED) is 0.237. The van der Waals surface area contributed by atoms with E-state index in [0.29, 0.717) is 19.1 Å². The molecule has 6 heteroatoms. The number of nitrogens with zero attached hydrogens (tertiary/aromatic N) is 1. The van der Waals surface area contributed by atoms with E-state index in [0.717, 1.165) is 37.8 Å². The molecule has 0 spiro atoms. The Bertz CT molecular complexity index is 603. The molecule has 0 aliphatic heterocycles. The molecule has 0 amide bonds. The maximum absolute atomic E-state index is 5.58. The fourth-order valence-electron chi connectivity index (χ4n) is 2.41. The molecule has 0 radical (unpaired) electrons. The molecule has 2 aromatic rings. The van der Waals surface area contributed by atoms with Crippen LogP contribution in [0.3, 0.4) is 0 Å². The Hall–Kier alpha value is -1.54. The summed E-state index contributed by atoms with van der Waals surface area (Å²) in [5.41, 5.74) is 1.31. The number of benzene rings is 1. The normalized spacial score (nSPS) is 12.3. The van der Waals surface area contributed by atoms with Crippen molar-refractivity contribution in [3.05, 3.63) is 60.1 Å². The average Bonchev–Trinajstić information content (AvgIpc) is 3.16. The van der Waals surface area contributed by atoms with Gasteiger partial charge in [-0.25, -0.2) is 0 Å². The van der Waals surface area contributed by atoms with Gasteiger partial charge in [-0.2, -0.15) is 0 Å². The number of hydrogen-bond acceptors (Lipinski definition) is 3. The molecule has 1 atom stereocenters. The first-order chi connectivity index (χ1) is 12.3. The van der Waals surface area contributed by atoms with Gasteiger partial charge in [0.25, 0.3) is 0 Å². The number of furan rings is 1. The number of rotatable bonds is 10. The summed E-state index contributed by atoms with van der Waals surface area (Å²) < 4.78 is 10.8. The highest BCUT2D eigenvalue weighted by Gasteiger charge is 2.05. The Labute approximate surface area is 173 Å². The van der Waals surface area contributed by atoms with Crippen LogP contribution in [0.1, 0.15) is 37.5 Å². The molecule has 144 valence electrons. The molecule has 2 rings (SSSR count). The van der Waals surface area contributed by atoms with Crippen molar-refractivity contribution in [3.63, 3.8) is 0 Å². The minimum atomic E-state index is 0. The number of hydrogen-bond donors (Lipinski definition) is 2. The van der Waals surface area contributed by atoms with Crippen LogP contribution in [0.4, 0.5) is 0 Å². The molecule has 0 fully saturated rings. The van der Waals surface area contributed by atoms with Gasteiger partial charge in [0.05, 0.1) is 6.26 Å². The van der Waals surface area contributed by atoms with Crippen LogP contribution in [0, 0.1) is 0 Å². The van der Waals surface area contributed by atoms with Crippen molar-refractivity contribution in [1.82, 2.24) is 10.6 Å². The zero-order valence-electron chi connectivity index (χ0n) is 15.6. The predicted octanol–water partition coefficient (Wildman–Crippen LogP) is 4.16. The third-order valence-corrected chi connectivity index (χ3v) is 3.82. The van der Waals surface area contributed by atoms with E-state index in [1.807, 2.05) is 18.2 Å². The lowest BCUT2D eigenvalue weighted by Gasteiger charge is -2.13. The fourth-order valence-corrected chi connectivity index (χ4v) is 2.41. The molecule has 0 saturated heterocycles. The van der Waals surface area contributed by atoms with Crippen molar-refractivity contribution in [2.24, 2.45) is 4.99 Å². The van der Waals surface area contributed by atoms with Crippen LogP contribution in [0.2, 0.25) is 0 Å². The summed E-state index contributed by atoms with van der Waals surface area (Å²) in [5, 5.41) is 6.64. The van der Waals surface area contributed by atoms with E-state index in [9.17, 15) is 0 Å². The second-order valence-corrected chi connectivity index (χ2v) is 5.94. The smallest absolute Gasteiger partial charge is 0.191 e. The summed E-state index contributed by atoms with van der Waals surface area (Å²) in [6, 6.07) is 14.3. The summed E-state index contributed by atoms with van der Waals surface area (Å²) in [5.74, 6) is 2.11. The van der Waals surface area contributed by atoms with Crippen LogP contribution in [0.15, 0.2) is 58.1 Å². The standard InChI is InChI=1S/C20H29N3O2.HI/c1-3-21-20(23-15-17(2)18-9-5-4-6-10-18)22-12-8-13-24-16-19-11-7-14-25-19;/h4-7,9-11,14,17H,3,8,12-13,15-16H2,1-2H3,(H2,21,22,23);1H. The van der Waals surface area contributed by atoms with Gasteiger partial charge < -0.3 is 19.8 Å². The lowest BCUT2D eigenvalue weighted by atomic mass is 10.0. The minimum absolute atomic E-state index is 0. The van der Waals surface area contributed by atoms with Crippen LogP contribution in [-0.4, -0.2) is 32.2 Å². The zero-order chi connectivity index (χ0) is 17.7. The average molecular weight is 471 g/mol. The van der Waals surface area contributed by atoms with E-state index in [4.69, 9.17) is 9.15 Å². The molecule has 0 aliphatic carbocycles. The highest BCUT2D eigenvalue weighted by molar-refractivity contribution is 14.0. The van der Waals surface area contributed by atoms with Crippen LogP contribution >= 0.6 is 24.0 Å². The van der Waals surface area contributed by atoms with Gasteiger partial charge in [0, 0.05) is 32.2 Å². The van der Waals surface area contributed by atoms with Crippen molar-refractivity contribution in [2.75, 3.05) is 26.2 Å². The number of nitrogens with one attached hydrogen (secondary N) is 2. The second-order valence-electron chi connectivity index (χ2n) is 5.94. The zero-order valence-corrected chi connectivity index (χ0v) is 17.9. The third-order valence-electron chi connectivity index (χ3n) is 3.82. The molecular weight excluding hydrogens is 441 g/mol. The van der Waals surface area contributed by atoms with Crippen LogP contribution < -0.4 is 10.6 Å². The van der Waals surface area contributed by atoms with Gasteiger partial charge >= 0.3 is 0 Å². The maximum Gasteiger partial charge on any atom is 0.191 e. The van der Waals surface area contributed by atoms with Crippen LogP contribution in [-0.2, 0) is 11.3 Å². The first-order valence-electron chi connectivity index (χ1n) is 8.97. The van der Waals surface area contributed by atoms with Crippen molar-refractivity contribution in [2.45, 2.75) is 32.8 Å². The van der Waals surface area contributed by atoms with Gasteiger partial charge in [-0.1, -0.05) is 37.3 Å². The Morgan fingerprint density at radius 1 is 1.15 bits per heavy atom. The number of guanidine groups is 1. The van der Waals surface area contributed by atoms with E-state index in [1.165, 1.54) is 5.56 Å². The number of ether oxygens (including phenoxy) is 1. The molecule has 0 aliphatic rings. The summed E-state index contributed by atoms with van der Waals surface area (Å²) in [6.07, 6.45) is 2.58. The lowest BCUT2D eigenvalue weighted by molar-refractivity contribution is 0.105. The summed E-state index contributed by atoms with van der Waals surface area (Å²) in [4.78, 5) is 4.69. The number of aliphatic imine (C=N–C) groups is 1. The van der Waals surface area contributed by atoms with Gasteiger partial charge in [-0.15, -0.1) is 24.0 Å². The van der Waals surface area contributed by atoms with Gasteiger partial charge in [0.2, 0.25) is 0 Å². The van der Waals surface area contributed by atoms with E-state index in [1.54, 1.807) is 6.26 Å². The van der Waals surface area contributed by atoms with Crippen LogP contribution in [0.25, 0.3) is 0 Å². The molecule has 26 heavy (non-hydrogen) atoms. The van der Waals surface area contributed by atoms with Crippen LogP contribution in [0.5, 0.6) is 0 Å². The molecule has 1 heterocycles. The highest BCUT2D eigenvalue weighted by Crippen LogP contribution is 2.14. The lowest BCUT2D eigenvalue weighted by Crippen LogP contribution is -2.38. The molecule has 1 aromatic carbocycles. The van der Waals surface area contributed by atoms with E-state index in [2.05, 4.69) is 53.7 Å².